The van der Waals surface area contributed by atoms with E-state index < -0.39 is 0 Å². The molecule has 0 bridgehead atoms. The van der Waals surface area contributed by atoms with Gasteiger partial charge < -0.3 is 5.73 Å². The molecule has 2 rings (SSSR count). The Bertz CT molecular complexity index is 523. The molecule has 0 saturated carbocycles. The van der Waals surface area contributed by atoms with Gasteiger partial charge in [-0.15, -0.1) is 11.8 Å². The van der Waals surface area contributed by atoms with Crippen LogP contribution in [0.5, 0.6) is 0 Å². The summed E-state index contributed by atoms with van der Waals surface area (Å²) in [5.74, 6) is 0.756. The van der Waals surface area contributed by atoms with Gasteiger partial charge in [-0.05, 0) is 35.4 Å². The van der Waals surface area contributed by atoms with Crippen molar-refractivity contribution in [1.29, 1.82) is 0 Å². The van der Waals surface area contributed by atoms with Gasteiger partial charge in [0.2, 0.25) is 0 Å². The van der Waals surface area contributed by atoms with Gasteiger partial charge in [0.25, 0.3) is 0 Å². The molecule has 0 aromatic heterocycles. The van der Waals surface area contributed by atoms with Gasteiger partial charge in [-0.2, -0.15) is 0 Å². The molecule has 0 aliphatic heterocycles. The minimum atomic E-state index is 0.557. The highest BCUT2D eigenvalue weighted by Gasteiger charge is 2.06. The number of nitrogens with two attached hydrogens (primary N) is 1. The third-order valence-corrected chi connectivity index (χ3v) is 4.31. The molecule has 94 valence electrons. The zero-order valence-corrected chi connectivity index (χ0v) is 12.0. The lowest BCUT2D eigenvalue weighted by molar-refractivity contribution is 1.06. The summed E-state index contributed by atoms with van der Waals surface area (Å²) < 4.78 is 0. The van der Waals surface area contributed by atoms with Gasteiger partial charge in [-0.3, -0.25) is 0 Å². The van der Waals surface area contributed by atoms with E-state index in [4.69, 9.17) is 28.9 Å². The predicted octanol–water partition coefficient (Wildman–Crippen LogP) is 4.74. The Morgan fingerprint density at radius 2 is 1.67 bits per heavy atom. The molecule has 0 radical (unpaired) electrons. The first-order valence-corrected chi connectivity index (χ1v) is 7.29. The topological polar surface area (TPSA) is 26.0 Å². The average molecular weight is 298 g/mol. The molecule has 0 amide bonds. The van der Waals surface area contributed by atoms with Gasteiger partial charge in [0.1, 0.15) is 0 Å². The van der Waals surface area contributed by atoms with Crippen LogP contribution in [0.15, 0.2) is 47.4 Å². The summed E-state index contributed by atoms with van der Waals surface area (Å²) in [5, 5.41) is 1.43. The molecule has 2 N–H and O–H groups in total. The molecule has 0 atom stereocenters. The van der Waals surface area contributed by atoms with Gasteiger partial charge in [0.05, 0.1) is 0 Å². The van der Waals surface area contributed by atoms with E-state index in [9.17, 15) is 0 Å². The zero-order valence-electron chi connectivity index (χ0n) is 9.70. The van der Waals surface area contributed by atoms with Crippen molar-refractivity contribution in [3.8, 4) is 0 Å². The zero-order chi connectivity index (χ0) is 13.0. The monoisotopic (exact) mass is 297 g/mol. The first kappa shape index (κ1) is 13.8. The van der Waals surface area contributed by atoms with Crippen LogP contribution in [0.25, 0.3) is 0 Å². The van der Waals surface area contributed by atoms with Crippen LogP contribution in [0.4, 0.5) is 0 Å². The van der Waals surface area contributed by atoms with Crippen molar-refractivity contribution in [3.63, 3.8) is 0 Å². The van der Waals surface area contributed by atoms with Crippen molar-refractivity contribution < 1.29 is 0 Å². The fourth-order valence-electron chi connectivity index (χ4n) is 1.59. The number of benzene rings is 2. The molecule has 4 heteroatoms. The molecule has 0 aliphatic carbocycles. The molecule has 2 aromatic carbocycles. The number of hydrogen-bond acceptors (Lipinski definition) is 2. The molecule has 0 saturated heterocycles. The highest BCUT2D eigenvalue weighted by molar-refractivity contribution is 7.98. The fourth-order valence-corrected chi connectivity index (χ4v) is 3.31. The lowest BCUT2D eigenvalue weighted by Crippen LogP contribution is -1.95. The van der Waals surface area contributed by atoms with E-state index in [-0.39, 0.29) is 0 Å². The van der Waals surface area contributed by atoms with Crippen LogP contribution in [0, 0.1) is 0 Å². The van der Waals surface area contributed by atoms with Crippen LogP contribution in [-0.4, -0.2) is 0 Å². The molecule has 0 heterocycles. The molecule has 0 spiro atoms. The highest BCUT2D eigenvalue weighted by Crippen LogP contribution is 2.31. The molecule has 18 heavy (non-hydrogen) atoms. The van der Waals surface area contributed by atoms with Crippen LogP contribution >= 0.6 is 35.0 Å². The van der Waals surface area contributed by atoms with E-state index >= 15 is 0 Å². The van der Waals surface area contributed by atoms with Gasteiger partial charge >= 0.3 is 0 Å². The number of rotatable bonds is 4. The summed E-state index contributed by atoms with van der Waals surface area (Å²) in [6.07, 6.45) is 0. The Kier molecular flexibility index (Phi) is 4.95. The Morgan fingerprint density at radius 3 is 2.33 bits per heavy atom. The summed E-state index contributed by atoms with van der Waals surface area (Å²) in [5.41, 5.74) is 7.73. The van der Waals surface area contributed by atoms with E-state index in [1.807, 2.05) is 30.3 Å². The van der Waals surface area contributed by atoms with Crippen LogP contribution < -0.4 is 5.73 Å². The number of halogens is 2. The lowest BCUT2D eigenvalue weighted by atomic mass is 10.2. The fraction of sp³-hybridized carbons (Fsp3) is 0.143. The average Bonchev–Trinajstić information content (AvgIpc) is 2.38. The second-order valence-corrected chi connectivity index (χ2v) is 5.70. The predicted molar refractivity (Wildman–Crippen MR) is 80.4 cm³/mol. The third kappa shape index (κ3) is 3.42. The van der Waals surface area contributed by atoms with Crippen molar-refractivity contribution in [3.05, 3.63) is 63.6 Å². The van der Waals surface area contributed by atoms with Crippen LogP contribution in [-0.2, 0) is 12.3 Å². The van der Waals surface area contributed by atoms with E-state index in [0.29, 0.717) is 16.6 Å². The molecule has 2 aromatic rings. The summed E-state index contributed by atoms with van der Waals surface area (Å²) in [6, 6.07) is 13.8. The number of thioether (sulfide) groups is 1. The Balaban J connectivity index is 2.11. The van der Waals surface area contributed by atoms with E-state index in [2.05, 4.69) is 12.1 Å². The van der Waals surface area contributed by atoms with Gasteiger partial charge in [-0.25, -0.2) is 0 Å². The van der Waals surface area contributed by atoms with E-state index in [1.165, 1.54) is 4.90 Å². The lowest BCUT2D eigenvalue weighted by Gasteiger charge is -2.07. The molecular formula is C14H13Cl2NS. The van der Waals surface area contributed by atoms with Crippen molar-refractivity contribution in [1.82, 2.24) is 0 Å². The smallest absolute Gasteiger partial charge is 0.0461 e. The van der Waals surface area contributed by atoms with Crippen molar-refractivity contribution in [2.24, 2.45) is 5.73 Å². The molecule has 0 fully saturated rings. The van der Waals surface area contributed by atoms with Crippen molar-refractivity contribution >= 4 is 35.0 Å². The van der Waals surface area contributed by atoms with Crippen LogP contribution in [0.2, 0.25) is 10.0 Å². The SMILES string of the molecule is NCc1cccc(SCc2c(Cl)cccc2Cl)c1. The maximum Gasteiger partial charge on any atom is 0.0461 e. The Hall–Kier alpha value is -0.670. The van der Waals surface area contributed by atoms with Gasteiger partial charge in [0.15, 0.2) is 0 Å². The minimum Gasteiger partial charge on any atom is -0.326 e. The molecule has 0 unspecified atom stereocenters. The largest absolute Gasteiger partial charge is 0.326 e. The maximum absolute atomic E-state index is 6.14. The van der Waals surface area contributed by atoms with Crippen molar-refractivity contribution in [2.45, 2.75) is 17.2 Å². The van der Waals surface area contributed by atoms with E-state index in [1.54, 1.807) is 11.8 Å². The quantitative estimate of drug-likeness (QED) is 0.825. The summed E-state index contributed by atoms with van der Waals surface area (Å²) in [6.45, 7) is 0.557. The number of hydrogen-bond donors (Lipinski definition) is 1. The summed E-state index contributed by atoms with van der Waals surface area (Å²) in [4.78, 5) is 1.17. The standard InChI is InChI=1S/C14H13Cl2NS/c15-13-5-2-6-14(16)12(13)9-18-11-4-1-3-10(7-11)8-17/h1-7H,8-9,17H2. The molecular weight excluding hydrogens is 285 g/mol. The van der Waals surface area contributed by atoms with Gasteiger partial charge in [0, 0.05) is 27.2 Å². The van der Waals surface area contributed by atoms with Crippen molar-refractivity contribution in [2.75, 3.05) is 0 Å². The second-order valence-electron chi connectivity index (χ2n) is 3.84. The van der Waals surface area contributed by atoms with E-state index in [0.717, 1.165) is 16.9 Å². The molecule has 1 nitrogen and oxygen atoms in total. The first-order chi connectivity index (χ1) is 8.70. The van der Waals surface area contributed by atoms with Gasteiger partial charge in [-0.1, -0.05) is 41.4 Å². The minimum absolute atomic E-state index is 0.557. The molecule has 0 aliphatic rings. The Labute approximate surface area is 121 Å². The highest BCUT2D eigenvalue weighted by atomic mass is 35.5. The first-order valence-electron chi connectivity index (χ1n) is 5.55. The van der Waals surface area contributed by atoms with Crippen LogP contribution in [0.1, 0.15) is 11.1 Å². The maximum atomic E-state index is 6.14. The third-order valence-electron chi connectivity index (χ3n) is 2.58. The van der Waals surface area contributed by atoms with Crippen LogP contribution in [0.3, 0.4) is 0 Å². The normalized spacial score (nSPS) is 10.6. The summed E-state index contributed by atoms with van der Waals surface area (Å²) >= 11 is 14.0. The second kappa shape index (κ2) is 6.48. The summed E-state index contributed by atoms with van der Waals surface area (Å²) in [7, 11) is 0. The Morgan fingerprint density at radius 1 is 1.00 bits per heavy atom.